The molecule has 0 aliphatic rings. The number of carbonyl (C=O) groups excluding carboxylic acids is 3. The van der Waals surface area contributed by atoms with E-state index in [2.05, 4.69) is 5.32 Å². The molecule has 1 amide bonds. The Labute approximate surface area is 192 Å². The number of anilines is 1. The molecule has 0 saturated heterocycles. The van der Waals surface area contributed by atoms with Crippen molar-refractivity contribution in [1.82, 2.24) is 4.57 Å². The summed E-state index contributed by atoms with van der Waals surface area (Å²) in [6, 6.07) is 9.78. The Morgan fingerprint density at radius 1 is 1.15 bits per heavy atom. The van der Waals surface area contributed by atoms with Gasteiger partial charge in [0.2, 0.25) is 0 Å². The molecule has 0 spiro atoms. The number of nitriles is 1. The first kappa shape index (κ1) is 25.4. The van der Waals surface area contributed by atoms with E-state index in [0.717, 1.165) is 11.4 Å². The number of rotatable bonds is 10. The second kappa shape index (κ2) is 12.2. The van der Waals surface area contributed by atoms with Crippen molar-refractivity contribution in [3.05, 3.63) is 58.4 Å². The molecule has 2 aromatic rings. The normalized spacial score (nSPS) is 10.9. The second-order valence-corrected chi connectivity index (χ2v) is 7.06. The molecule has 0 radical (unpaired) electrons. The quantitative estimate of drug-likeness (QED) is 0.334. The van der Waals surface area contributed by atoms with Crippen molar-refractivity contribution < 1.29 is 28.6 Å². The summed E-state index contributed by atoms with van der Waals surface area (Å²) in [6.07, 6.45) is 1.44. The lowest BCUT2D eigenvalue weighted by molar-refractivity contribution is -0.142. The monoisotopic (exact) mass is 453 g/mol. The molecule has 9 heteroatoms. The summed E-state index contributed by atoms with van der Waals surface area (Å²) >= 11 is 0. The van der Waals surface area contributed by atoms with Crippen molar-refractivity contribution in [2.75, 3.05) is 32.2 Å². The van der Waals surface area contributed by atoms with Gasteiger partial charge in [0.25, 0.3) is 5.91 Å². The lowest BCUT2D eigenvalue weighted by atomic mass is 10.1. The zero-order valence-electron chi connectivity index (χ0n) is 19.1. The lowest BCUT2D eigenvalue weighted by Gasteiger charge is -2.08. The van der Waals surface area contributed by atoms with E-state index in [1.165, 1.54) is 30.3 Å². The summed E-state index contributed by atoms with van der Waals surface area (Å²) in [5.41, 5.74) is 3.12. The number of carbonyl (C=O) groups is 3. The summed E-state index contributed by atoms with van der Waals surface area (Å²) in [5.74, 6) is -1.94. The van der Waals surface area contributed by atoms with Crippen LogP contribution in [0.2, 0.25) is 0 Å². The van der Waals surface area contributed by atoms with Crippen LogP contribution in [0.25, 0.3) is 6.08 Å². The molecule has 174 valence electrons. The van der Waals surface area contributed by atoms with Crippen molar-refractivity contribution in [2.45, 2.75) is 27.3 Å². The molecule has 1 aromatic heterocycles. The Balaban J connectivity index is 1.98. The summed E-state index contributed by atoms with van der Waals surface area (Å²) in [5, 5.41) is 11.9. The molecular weight excluding hydrogens is 426 g/mol. The largest absolute Gasteiger partial charge is 0.462 e. The number of esters is 2. The molecule has 0 saturated carbocycles. The van der Waals surface area contributed by atoms with Crippen molar-refractivity contribution in [3.8, 4) is 6.07 Å². The van der Waals surface area contributed by atoms with Crippen LogP contribution < -0.4 is 5.32 Å². The zero-order chi connectivity index (χ0) is 24.4. The van der Waals surface area contributed by atoms with Crippen molar-refractivity contribution in [3.63, 3.8) is 0 Å². The number of ether oxygens (including phenoxy) is 3. The van der Waals surface area contributed by atoms with Crippen LogP contribution in [-0.4, -0.2) is 49.3 Å². The second-order valence-electron chi connectivity index (χ2n) is 7.06. The minimum Gasteiger partial charge on any atom is -0.462 e. The van der Waals surface area contributed by atoms with E-state index in [9.17, 15) is 19.6 Å². The number of benzene rings is 1. The Kier molecular flexibility index (Phi) is 9.39. The molecule has 0 fully saturated rings. The van der Waals surface area contributed by atoms with Crippen LogP contribution in [-0.2, 0) is 30.3 Å². The average Bonchev–Trinajstić information content (AvgIpc) is 3.07. The molecule has 1 N–H and O–H groups in total. The number of hydrogen-bond donors (Lipinski definition) is 1. The van der Waals surface area contributed by atoms with E-state index < -0.39 is 24.5 Å². The molecule has 0 unspecified atom stereocenters. The predicted octanol–water partition coefficient (Wildman–Crippen LogP) is 3.02. The fraction of sp³-hybridized carbons (Fsp3) is 0.333. The lowest BCUT2D eigenvalue weighted by Crippen LogP contribution is -2.21. The van der Waals surface area contributed by atoms with Gasteiger partial charge in [0.05, 0.1) is 18.8 Å². The topological polar surface area (TPSA) is 120 Å². The van der Waals surface area contributed by atoms with Gasteiger partial charge in [0.1, 0.15) is 11.6 Å². The number of methoxy groups -OCH3 is 1. The Bertz CT molecular complexity index is 1080. The molecule has 0 bridgehead atoms. The van der Waals surface area contributed by atoms with Gasteiger partial charge in [-0.3, -0.25) is 4.79 Å². The first-order valence-corrected chi connectivity index (χ1v) is 10.3. The van der Waals surface area contributed by atoms with E-state index >= 15 is 0 Å². The van der Waals surface area contributed by atoms with Gasteiger partial charge < -0.3 is 24.1 Å². The Morgan fingerprint density at radius 3 is 2.45 bits per heavy atom. The molecule has 2 rings (SSSR count). The van der Waals surface area contributed by atoms with Gasteiger partial charge >= 0.3 is 11.9 Å². The van der Waals surface area contributed by atoms with Crippen molar-refractivity contribution >= 4 is 29.6 Å². The third kappa shape index (κ3) is 7.05. The molecule has 0 atom stereocenters. The maximum atomic E-state index is 12.3. The zero-order valence-corrected chi connectivity index (χ0v) is 19.1. The first-order valence-electron chi connectivity index (χ1n) is 10.3. The molecule has 0 aliphatic carbocycles. The highest BCUT2D eigenvalue weighted by molar-refractivity contribution is 6.00. The fourth-order valence-electron chi connectivity index (χ4n) is 3.10. The smallest absolute Gasteiger partial charge is 0.349 e. The van der Waals surface area contributed by atoms with Crippen molar-refractivity contribution in [1.29, 1.82) is 5.26 Å². The minimum absolute atomic E-state index is 0.214. The van der Waals surface area contributed by atoms with E-state index in [1.807, 2.05) is 30.6 Å². The van der Waals surface area contributed by atoms with Crippen LogP contribution in [0, 0.1) is 25.2 Å². The maximum Gasteiger partial charge on any atom is 0.349 e. The third-order valence-electron chi connectivity index (χ3n) is 4.79. The Hall–Kier alpha value is -3.90. The van der Waals surface area contributed by atoms with Gasteiger partial charge in [0, 0.05) is 30.7 Å². The molecule has 0 aliphatic heterocycles. The number of nitrogens with zero attached hydrogens (tertiary/aromatic N) is 2. The molecule has 9 nitrogen and oxygen atoms in total. The SMILES string of the molecule is CCOC(=O)c1ccc(NC(=O)COC(=O)C(C#N)=Cc2cc(C)n(CCOC)c2C)cc1. The van der Waals surface area contributed by atoms with Crippen LogP contribution in [0.3, 0.4) is 0 Å². The summed E-state index contributed by atoms with van der Waals surface area (Å²) in [6.45, 7) is 6.40. The average molecular weight is 453 g/mol. The highest BCUT2D eigenvalue weighted by Crippen LogP contribution is 2.19. The number of aryl methyl sites for hydroxylation is 1. The van der Waals surface area contributed by atoms with E-state index in [0.29, 0.717) is 30.0 Å². The van der Waals surface area contributed by atoms with Crippen LogP contribution >= 0.6 is 0 Å². The van der Waals surface area contributed by atoms with E-state index in [-0.39, 0.29) is 12.2 Å². The van der Waals surface area contributed by atoms with Crippen LogP contribution in [0.1, 0.15) is 34.2 Å². The molecular formula is C24H27N3O6. The fourth-order valence-corrected chi connectivity index (χ4v) is 3.10. The number of hydrogen-bond acceptors (Lipinski definition) is 7. The Morgan fingerprint density at radius 2 is 1.85 bits per heavy atom. The molecule has 1 aromatic carbocycles. The van der Waals surface area contributed by atoms with Crippen molar-refractivity contribution in [2.24, 2.45) is 0 Å². The van der Waals surface area contributed by atoms with Gasteiger partial charge in [0.15, 0.2) is 6.61 Å². The summed E-state index contributed by atoms with van der Waals surface area (Å²) in [4.78, 5) is 36.1. The highest BCUT2D eigenvalue weighted by Gasteiger charge is 2.16. The van der Waals surface area contributed by atoms with Gasteiger partial charge in [-0.25, -0.2) is 9.59 Å². The maximum absolute atomic E-state index is 12.3. The van der Waals surface area contributed by atoms with Gasteiger partial charge in [-0.05, 0) is 62.7 Å². The molecule has 1 heterocycles. The number of nitrogens with one attached hydrogen (secondary N) is 1. The van der Waals surface area contributed by atoms with Crippen LogP contribution in [0.15, 0.2) is 35.9 Å². The van der Waals surface area contributed by atoms with Gasteiger partial charge in [-0.1, -0.05) is 0 Å². The van der Waals surface area contributed by atoms with E-state index in [1.54, 1.807) is 14.0 Å². The molecule has 33 heavy (non-hydrogen) atoms. The van der Waals surface area contributed by atoms with Gasteiger partial charge in [-0.15, -0.1) is 0 Å². The van der Waals surface area contributed by atoms with E-state index in [4.69, 9.17) is 14.2 Å². The predicted molar refractivity (Wildman–Crippen MR) is 121 cm³/mol. The minimum atomic E-state index is -0.896. The standard InChI is InChI=1S/C24H27N3O6/c1-5-32-23(29)18-6-8-21(9-7-18)26-22(28)15-33-24(30)20(14-25)13-19-12-16(2)27(17(19)3)10-11-31-4/h6-9,12-13H,5,10-11,15H2,1-4H3,(H,26,28). The first-order chi connectivity index (χ1) is 15.8. The van der Waals surface area contributed by atoms with Gasteiger partial charge in [-0.2, -0.15) is 5.26 Å². The highest BCUT2D eigenvalue weighted by atomic mass is 16.5. The van der Waals surface area contributed by atoms with Crippen LogP contribution in [0.5, 0.6) is 0 Å². The number of amides is 1. The summed E-state index contributed by atoms with van der Waals surface area (Å²) < 4.78 is 17.0. The summed E-state index contributed by atoms with van der Waals surface area (Å²) in [7, 11) is 1.62. The third-order valence-corrected chi connectivity index (χ3v) is 4.79. The van der Waals surface area contributed by atoms with Crippen LogP contribution in [0.4, 0.5) is 5.69 Å². The number of aromatic nitrogens is 1.